The van der Waals surface area contributed by atoms with Gasteiger partial charge in [-0.25, -0.2) is 9.97 Å². The maximum absolute atomic E-state index is 12.5. The van der Waals surface area contributed by atoms with Crippen molar-refractivity contribution >= 4 is 35.1 Å². The monoisotopic (exact) mass is 579 g/mol. The molecule has 3 aromatic rings. The fourth-order valence-corrected chi connectivity index (χ4v) is 6.29. The summed E-state index contributed by atoms with van der Waals surface area (Å²) in [5, 5.41) is 4.18. The minimum atomic E-state index is -0.0310. The molecule has 3 heterocycles. The molecule has 2 saturated heterocycles. The lowest BCUT2D eigenvalue weighted by Gasteiger charge is -2.33. The van der Waals surface area contributed by atoms with Crippen LogP contribution in [0.4, 0.5) is 5.82 Å². The van der Waals surface area contributed by atoms with E-state index in [1.807, 2.05) is 30.3 Å². The Morgan fingerprint density at radius 2 is 1.73 bits per heavy atom. The van der Waals surface area contributed by atoms with E-state index in [1.165, 1.54) is 5.56 Å². The number of ether oxygens (including phenoxy) is 1. The molecule has 40 heavy (non-hydrogen) atoms. The number of morpholine rings is 1. The Kier molecular flexibility index (Phi) is 10.7. The van der Waals surface area contributed by atoms with Crippen LogP contribution in [0.2, 0.25) is 5.15 Å². The van der Waals surface area contributed by atoms with Crippen LogP contribution in [0.15, 0.2) is 65.8 Å². The molecule has 0 unspecified atom stereocenters. The Balaban J connectivity index is 1.06. The number of benzene rings is 2. The highest BCUT2D eigenvalue weighted by Crippen LogP contribution is 2.28. The van der Waals surface area contributed by atoms with Gasteiger partial charge in [-0.2, -0.15) is 0 Å². The van der Waals surface area contributed by atoms with Gasteiger partial charge >= 0.3 is 0 Å². The second-order valence-corrected chi connectivity index (χ2v) is 11.8. The number of hydrogen-bond acceptors (Lipinski definition) is 7. The molecule has 1 N–H and O–H groups in total. The predicted octanol–water partition coefficient (Wildman–Crippen LogP) is 5.33. The van der Waals surface area contributed by atoms with Crippen molar-refractivity contribution in [1.82, 2.24) is 20.2 Å². The molecule has 2 aliphatic heterocycles. The molecule has 0 bridgehead atoms. The lowest BCUT2D eigenvalue weighted by atomic mass is 9.90. The first-order valence-electron chi connectivity index (χ1n) is 14.3. The molecular weight excluding hydrogens is 542 g/mol. The average Bonchev–Trinajstić information content (AvgIpc) is 2.99. The summed E-state index contributed by atoms with van der Waals surface area (Å²) >= 11 is 7.96. The zero-order chi connectivity index (χ0) is 27.6. The first kappa shape index (κ1) is 28.9. The van der Waals surface area contributed by atoms with Crippen LogP contribution in [0.1, 0.15) is 40.7 Å². The highest BCUT2D eigenvalue weighted by Gasteiger charge is 2.21. The van der Waals surface area contributed by atoms with Gasteiger partial charge in [0.15, 0.2) is 5.16 Å². The quantitative estimate of drug-likeness (QED) is 0.142. The number of piperidine rings is 1. The van der Waals surface area contributed by atoms with Gasteiger partial charge in [0.25, 0.3) is 5.91 Å². The van der Waals surface area contributed by atoms with Crippen LogP contribution in [0.5, 0.6) is 0 Å². The van der Waals surface area contributed by atoms with Crippen molar-refractivity contribution in [3.63, 3.8) is 0 Å². The van der Waals surface area contributed by atoms with Gasteiger partial charge in [0.2, 0.25) is 0 Å². The van der Waals surface area contributed by atoms with Gasteiger partial charge in [-0.05, 0) is 61.4 Å². The second kappa shape index (κ2) is 14.8. The molecule has 1 amide bonds. The summed E-state index contributed by atoms with van der Waals surface area (Å²) in [6, 6.07) is 20.4. The van der Waals surface area contributed by atoms with Crippen molar-refractivity contribution in [3.05, 3.63) is 82.5 Å². The number of carbonyl (C=O) groups is 1. The van der Waals surface area contributed by atoms with Crippen LogP contribution < -0.4 is 10.2 Å². The Bertz CT molecular complexity index is 1220. The van der Waals surface area contributed by atoms with E-state index in [9.17, 15) is 4.79 Å². The number of carbonyl (C=O) groups excluding carboxylic acids is 1. The van der Waals surface area contributed by atoms with E-state index in [2.05, 4.69) is 50.4 Å². The summed E-state index contributed by atoms with van der Waals surface area (Å²) in [6.07, 6.45) is 4.36. The van der Waals surface area contributed by atoms with Crippen molar-refractivity contribution in [1.29, 1.82) is 0 Å². The number of nitrogens with zero attached hydrogens (tertiary/aromatic N) is 4. The second-order valence-electron chi connectivity index (χ2n) is 10.5. The first-order valence-corrected chi connectivity index (χ1v) is 15.6. The molecule has 0 atom stereocenters. The van der Waals surface area contributed by atoms with E-state index in [-0.39, 0.29) is 5.91 Å². The lowest BCUT2D eigenvalue weighted by Crippen LogP contribution is -2.38. The number of rotatable bonds is 11. The van der Waals surface area contributed by atoms with Crippen molar-refractivity contribution in [2.75, 3.05) is 57.4 Å². The van der Waals surface area contributed by atoms with Gasteiger partial charge < -0.3 is 15.0 Å². The molecule has 2 aliphatic rings. The third-order valence-electron chi connectivity index (χ3n) is 7.59. The number of nitrogens with one attached hydrogen (secondary N) is 1. The first-order chi connectivity index (χ1) is 19.6. The molecule has 0 saturated carbocycles. The van der Waals surface area contributed by atoms with Crippen LogP contribution in [0.25, 0.3) is 0 Å². The van der Waals surface area contributed by atoms with Crippen LogP contribution in [0, 0.1) is 5.92 Å². The van der Waals surface area contributed by atoms with E-state index >= 15 is 0 Å². The highest BCUT2D eigenvalue weighted by atomic mass is 35.5. The molecule has 5 rings (SSSR count). The normalized spacial score (nSPS) is 16.7. The third-order valence-corrected chi connectivity index (χ3v) is 8.70. The highest BCUT2D eigenvalue weighted by molar-refractivity contribution is 7.98. The largest absolute Gasteiger partial charge is 0.379 e. The Morgan fingerprint density at radius 3 is 2.48 bits per heavy atom. The van der Waals surface area contributed by atoms with Gasteiger partial charge in [0, 0.05) is 50.1 Å². The van der Waals surface area contributed by atoms with Crippen molar-refractivity contribution in [2.45, 2.75) is 36.6 Å². The summed E-state index contributed by atoms with van der Waals surface area (Å²) in [6.45, 7) is 7.17. The van der Waals surface area contributed by atoms with Crippen LogP contribution in [-0.2, 0) is 16.9 Å². The van der Waals surface area contributed by atoms with E-state index < -0.39 is 0 Å². The molecular formula is C31H38ClN5O2S. The Hall–Kier alpha value is -2.65. The van der Waals surface area contributed by atoms with Crippen molar-refractivity contribution < 1.29 is 9.53 Å². The van der Waals surface area contributed by atoms with E-state index in [4.69, 9.17) is 21.3 Å². The number of aromatic nitrogens is 2. The summed E-state index contributed by atoms with van der Waals surface area (Å²) in [5.41, 5.74) is 3.20. The number of anilines is 1. The minimum absolute atomic E-state index is 0.0310. The predicted molar refractivity (Wildman–Crippen MR) is 162 cm³/mol. The average molecular weight is 580 g/mol. The summed E-state index contributed by atoms with van der Waals surface area (Å²) in [5.74, 6) is 2.28. The SMILES string of the molecule is O=C(NCCCN1CCOCC1)c1ccc(CSc2nc(Cl)cc(N3CCC(Cc4ccccc4)CC3)n2)cc1. The molecule has 0 radical (unpaired) electrons. The van der Waals surface area contributed by atoms with Crippen LogP contribution >= 0.6 is 23.4 Å². The Labute approximate surface area is 246 Å². The molecule has 2 aromatic carbocycles. The lowest BCUT2D eigenvalue weighted by molar-refractivity contribution is 0.0374. The molecule has 9 heteroatoms. The van der Waals surface area contributed by atoms with Gasteiger partial charge in [-0.15, -0.1) is 0 Å². The van der Waals surface area contributed by atoms with Gasteiger partial charge in [0.1, 0.15) is 11.0 Å². The Morgan fingerprint density at radius 1 is 0.975 bits per heavy atom. The van der Waals surface area contributed by atoms with E-state index in [1.54, 1.807) is 11.8 Å². The zero-order valence-corrected chi connectivity index (χ0v) is 24.5. The van der Waals surface area contributed by atoms with Gasteiger partial charge in [0.05, 0.1) is 13.2 Å². The third kappa shape index (κ3) is 8.67. The fraction of sp³-hybridized carbons (Fsp3) is 0.452. The summed E-state index contributed by atoms with van der Waals surface area (Å²) < 4.78 is 5.38. The van der Waals surface area contributed by atoms with Gasteiger partial charge in [-0.3, -0.25) is 9.69 Å². The minimum Gasteiger partial charge on any atom is -0.379 e. The maximum atomic E-state index is 12.5. The van der Waals surface area contributed by atoms with Crippen LogP contribution in [-0.4, -0.2) is 73.3 Å². The molecule has 0 aliphatic carbocycles. The standard InChI is InChI=1S/C31H38ClN5O2S/c32-28-22-29(37-15-11-25(12-16-37)21-24-5-2-1-3-6-24)35-31(34-28)40-23-26-7-9-27(10-8-26)30(38)33-13-4-14-36-17-19-39-20-18-36/h1-3,5-10,22,25H,4,11-21,23H2,(H,33,38). The molecule has 1 aromatic heterocycles. The molecule has 2 fully saturated rings. The summed E-state index contributed by atoms with van der Waals surface area (Å²) in [7, 11) is 0. The number of halogens is 1. The smallest absolute Gasteiger partial charge is 0.251 e. The summed E-state index contributed by atoms with van der Waals surface area (Å²) in [4.78, 5) is 26.5. The van der Waals surface area contributed by atoms with E-state index in [0.717, 1.165) is 83.0 Å². The molecule has 7 nitrogen and oxygen atoms in total. The van der Waals surface area contributed by atoms with Crippen molar-refractivity contribution in [2.24, 2.45) is 5.92 Å². The number of amides is 1. The fourth-order valence-electron chi connectivity index (χ4n) is 5.26. The van der Waals surface area contributed by atoms with E-state index in [0.29, 0.717) is 34.1 Å². The van der Waals surface area contributed by atoms with Crippen molar-refractivity contribution in [3.8, 4) is 0 Å². The molecule has 212 valence electrons. The van der Waals surface area contributed by atoms with Crippen LogP contribution in [0.3, 0.4) is 0 Å². The molecule has 0 spiro atoms. The number of hydrogen-bond donors (Lipinski definition) is 1. The van der Waals surface area contributed by atoms with Gasteiger partial charge in [-0.1, -0.05) is 65.8 Å². The number of thioether (sulfide) groups is 1. The topological polar surface area (TPSA) is 70.6 Å². The maximum Gasteiger partial charge on any atom is 0.251 e. The zero-order valence-electron chi connectivity index (χ0n) is 22.9.